The molecule has 0 bridgehead atoms. The number of nitrogens with two attached hydrogens (primary N) is 1. The van der Waals surface area contributed by atoms with Gasteiger partial charge in [0.25, 0.3) is 0 Å². The lowest BCUT2D eigenvalue weighted by Gasteiger charge is -2.29. The summed E-state index contributed by atoms with van der Waals surface area (Å²) in [6.07, 6.45) is 0. The minimum Gasteiger partial charge on any atom is -0.381 e. The molecule has 0 radical (unpaired) electrons. The zero-order chi connectivity index (χ0) is 14.7. The van der Waals surface area contributed by atoms with E-state index >= 15 is 0 Å². The number of nitrogens with zero attached hydrogens (tertiary/aromatic N) is 3. The van der Waals surface area contributed by atoms with Gasteiger partial charge in [-0.05, 0) is 19.1 Å². The van der Waals surface area contributed by atoms with Crippen LogP contribution in [0.3, 0.4) is 0 Å². The van der Waals surface area contributed by atoms with Gasteiger partial charge in [-0.25, -0.2) is 9.97 Å². The molecule has 2 aromatic rings. The second kappa shape index (κ2) is 6.24. The quantitative estimate of drug-likeness (QED) is 0.884. The fourth-order valence-corrected chi connectivity index (χ4v) is 2.57. The molecule has 112 valence electrons. The van der Waals surface area contributed by atoms with Crippen LogP contribution in [0.25, 0.3) is 11.0 Å². The maximum atomic E-state index is 6.00. The van der Waals surface area contributed by atoms with Gasteiger partial charge >= 0.3 is 0 Å². The number of hydrogen-bond donors (Lipinski definition) is 2. The average Bonchev–Trinajstić information content (AvgIpc) is 2.49. The standard InChI is InChI=1S/C15H21N5O/c1-11(10-20-6-8-21-9-7-20)17-15-14(16)18-12-4-2-3-5-13(12)19-15/h2-5,11H,6-10H2,1H3,(H2,16,18)(H,17,19). The van der Waals surface area contributed by atoms with Crippen molar-refractivity contribution in [3.05, 3.63) is 24.3 Å². The van der Waals surface area contributed by atoms with E-state index in [9.17, 15) is 0 Å². The first-order valence-corrected chi connectivity index (χ1v) is 7.31. The first-order valence-electron chi connectivity index (χ1n) is 7.31. The molecule has 0 amide bonds. The summed E-state index contributed by atoms with van der Waals surface area (Å²) < 4.78 is 5.36. The minimum absolute atomic E-state index is 0.251. The fraction of sp³-hybridized carbons (Fsp3) is 0.467. The summed E-state index contributed by atoms with van der Waals surface area (Å²) in [7, 11) is 0. The monoisotopic (exact) mass is 287 g/mol. The van der Waals surface area contributed by atoms with Gasteiger partial charge in [0, 0.05) is 25.7 Å². The van der Waals surface area contributed by atoms with Gasteiger partial charge < -0.3 is 15.8 Å². The summed E-state index contributed by atoms with van der Waals surface area (Å²) in [5.74, 6) is 1.11. The van der Waals surface area contributed by atoms with Crippen molar-refractivity contribution in [2.75, 3.05) is 43.9 Å². The van der Waals surface area contributed by atoms with Crippen molar-refractivity contribution in [1.29, 1.82) is 0 Å². The van der Waals surface area contributed by atoms with Crippen molar-refractivity contribution in [2.24, 2.45) is 0 Å². The highest BCUT2D eigenvalue weighted by Crippen LogP contribution is 2.19. The summed E-state index contributed by atoms with van der Waals surface area (Å²) in [5, 5.41) is 3.37. The fourth-order valence-electron chi connectivity index (χ4n) is 2.57. The smallest absolute Gasteiger partial charge is 0.169 e. The van der Waals surface area contributed by atoms with Crippen molar-refractivity contribution in [3.63, 3.8) is 0 Å². The number of hydrogen-bond acceptors (Lipinski definition) is 6. The second-order valence-electron chi connectivity index (χ2n) is 5.40. The lowest BCUT2D eigenvalue weighted by molar-refractivity contribution is 0.0368. The van der Waals surface area contributed by atoms with Gasteiger partial charge in [-0.3, -0.25) is 4.90 Å². The second-order valence-corrected chi connectivity index (χ2v) is 5.40. The molecule has 0 saturated carbocycles. The molecule has 1 aliphatic rings. The van der Waals surface area contributed by atoms with Crippen molar-refractivity contribution >= 4 is 22.7 Å². The number of benzene rings is 1. The molecular formula is C15H21N5O. The van der Waals surface area contributed by atoms with E-state index in [0.717, 1.165) is 43.9 Å². The molecule has 21 heavy (non-hydrogen) atoms. The molecular weight excluding hydrogens is 266 g/mol. The minimum atomic E-state index is 0.251. The molecule has 1 aliphatic heterocycles. The summed E-state index contributed by atoms with van der Waals surface area (Å²) in [5.41, 5.74) is 7.67. The van der Waals surface area contributed by atoms with Gasteiger partial charge in [0.15, 0.2) is 11.6 Å². The molecule has 1 aromatic heterocycles. The summed E-state index contributed by atoms with van der Waals surface area (Å²) >= 11 is 0. The number of ether oxygens (including phenoxy) is 1. The number of para-hydroxylation sites is 2. The number of morpholine rings is 1. The summed E-state index contributed by atoms with van der Waals surface area (Å²) in [4.78, 5) is 11.3. The molecule has 0 spiro atoms. The molecule has 6 nitrogen and oxygen atoms in total. The van der Waals surface area contributed by atoms with Crippen LogP contribution in [-0.4, -0.2) is 53.8 Å². The molecule has 0 aliphatic carbocycles. The topological polar surface area (TPSA) is 76.3 Å². The van der Waals surface area contributed by atoms with Crippen LogP contribution in [0, 0.1) is 0 Å². The van der Waals surface area contributed by atoms with Gasteiger partial charge in [-0.2, -0.15) is 0 Å². The van der Waals surface area contributed by atoms with E-state index in [2.05, 4.69) is 27.1 Å². The lowest BCUT2D eigenvalue weighted by Crippen LogP contribution is -2.42. The number of nitrogens with one attached hydrogen (secondary N) is 1. The maximum Gasteiger partial charge on any atom is 0.169 e. The van der Waals surface area contributed by atoms with E-state index in [4.69, 9.17) is 10.5 Å². The van der Waals surface area contributed by atoms with Gasteiger partial charge in [0.2, 0.25) is 0 Å². The van der Waals surface area contributed by atoms with Crippen molar-refractivity contribution in [1.82, 2.24) is 14.9 Å². The third-order valence-electron chi connectivity index (χ3n) is 3.62. The Morgan fingerprint density at radius 1 is 1.24 bits per heavy atom. The van der Waals surface area contributed by atoms with Crippen LogP contribution in [0.15, 0.2) is 24.3 Å². The van der Waals surface area contributed by atoms with Crippen molar-refractivity contribution in [2.45, 2.75) is 13.0 Å². The zero-order valence-corrected chi connectivity index (χ0v) is 12.2. The molecule has 1 atom stereocenters. The molecule has 2 heterocycles. The van der Waals surface area contributed by atoms with Crippen LogP contribution in [0.4, 0.5) is 11.6 Å². The highest BCUT2D eigenvalue weighted by atomic mass is 16.5. The Morgan fingerprint density at radius 2 is 1.90 bits per heavy atom. The number of nitrogen functional groups attached to an aromatic ring is 1. The Balaban J connectivity index is 1.70. The third kappa shape index (κ3) is 3.40. The number of anilines is 2. The normalized spacial score (nSPS) is 17.8. The first kappa shape index (κ1) is 14.0. The van der Waals surface area contributed by atoms with Crippen molar-refractivity contribution < 1.29 is 4.74 Å². The van der Waals surface area contributed by atoms with Crippen LogP contribution >= 0.6 is 0 Å². The number of rotatable bonds is 4. The zero-order valence-electron chi connectivity index (χ0n) is 12.2. The van der Waals surface area contributed by atoms with Crippen LogP contribution in [0.5, 0.6) is 0 Å². The molecule has 1 unspecified atom stereocenters. The molecule has 1 saturated heterocycles. The van der Waals surface area contributed by atoms with E-state index in [0.29, 0.717) is 11.6 Å². The van der Waals surface area contributed by atoms with E-state index < -0.39 is 0 Å². The Hall–Kier alpha value is -1.92. The average molecular weight is 287 g/mol. The molecule has 3 rings (SSSR count). The van der Waals surface area contributed by atoms with E-state index in [1.54, 1.807) is 0 Å². The Morgan fingerprint density at radius 3 is 2.62 bits per heavy atom. The maximum absolute atomic E-state index is 6.00. The Kier molecular flexibility index (Phi) is 4.17. The highest BCUT2D eigenvalue weighted by Gasteiger charge is 2.15. The van der Waals surface area contributed by atoms with Gasteiger partial charge in [0.05, 0.1) is 24.2 Å². The SMILES string of the molecule is CC(CN1CCOCC1)Nc1nc2ccccc2nc1N. The van der Waals surface area contributed by atoms with Gasteiger partial charge in [0.1, 0.15) is 0 Å². The van der Waals surface area contributed by atoms with Crippen LogP contribution < -0.4 is 11.1 Å². The highest BCUT2D eigenvalue weighted by molar-refractivity contribution is 5.79. The van der Waals surface area contributed by atoms with E-state index in [1.165, 1.54) is 0 Å². The third-order valence-corrected chi connectivity index (χ3v) is 3.62. The van der Waals surface area contributed by atoms with Crippen LogP contribution in [-0.2, 0) is 4.74 Å². The Bertz CT molecular complexity index is 612. The van der Waals surface area contributed by atoms with E-state index in [-0.39, 0.29) is 6.04 Å². The number of fused-ring (bicyclic) bond motifs is 1. The van der Waals surface area contributed by atoms with Gasteiger partial charge in [-0.1, -0.05) is 12.1 Å². The molecule has 6 heteroatoms. The summed E-state index contributed by atoms with van der Waals surface area (Å²) in [6, 6.07) is 8.00. The lowest BCUT2D eigenvalue weighted by atomic mass is 10.2. The van der Waals surface area contributed by atoms with Gasteiger partial charge in [-0.15, -0.1) is 0 Å². The summed E-state index contributed by atoms with van der Waals surface area (Å²) in [6.45, 7) is 6.65. The number of aromatic nitrogens is 2. The van der Waals surface area contributed by atoms with Crippen LogP contribution in [0.2, 0.25) is 0 Å². The van der Waals surface area contributed by atoms with Crippen LogP contribution in [0.1, 0.15) is 6.92 Å². The molecule has 1 aromatic carbocycles. The largest absolute Gasteiger partial charge is 0.381 e. The van der Waals surface area contributed by atoms with E-state index in [1.807, 2.05) is 24.3 Å². The predicted octanol–water partition coefficient (Wildman–Crippen LogP) is 1.34. The molecule has 3 N–H and O–H groups in total. The van der Waals surface area contributed by atoms with Crippen molar-refractivity contribution in [3.8, 4) is 0 Å². The Labute approximate surface area is 124 Å². The predicted molar refractivity (Wildman–Crippen MR) is 84.3 cm³/mol. The first-order chi connectivity index (χ1) is 10.2. The molecule has 1 fully saturated rings.